The lowest BCUT2D eigenvalue weighted by Gasteiger charge is -2.37. The molecular formula is C47H66O10. The van der Waals surface area contributed by atoms with E-state index in [1.54, 1.807) is 19.1 Å². The fourth-order valence-corrected chi connectivity index (χ4v) is 10.2. The highest BCUT2D eigenvalue weighted by Crippen LogP contribution is 2.44. The summed E-state index contributed by atoms with van der Waals surface area (Å²) in [6.45, 7) is 9.73. The predicted octanol–water partition coefficient (Wildman–Crippen LogP) is 9.92. The van der Waals surface area contributed by atoms with Crippen LogP contribution in [0, 0.1) is 47.3 Å². The van der Waals surface area contributed by atoms with E-state index in [1.807, 2.05) is 0 Å². The Balaban J connectivity index is 1.07. The minimum atomic E-state index is -0.527. The van der Waals surface area contributed by atoms with Crippen LogP contribution in [0.15, 0.2) is 43.5 Å². The molecule has 314 valence electrons. The molecule has 0 heterocycles. The van der Waals surface area contributed by atoms with E-state index in [-0.39, 0.29) is 59.4 Å². The molecule has 0 unspecified atom stereocenters. The Bertz CT molecular complexity index is 1500. The molecule has 0 bridgehead atoms. The minimum Gasteiger partial charge on any atom is -0.463 e. The maximum Gasteiger partial charge on any atom is 0.338 e. The highest BCUT2D eigenvalue weighted by Gasteiger charge is 2.36. The lowest BCUT2D eigenvalue weighted by Crippen LogP contribution is -2.31. The molecule has 10 heteroatoms. The molecule has 10 nitrogen and oxygen atoms in total. The van der Waals surface area contributed by atoms with Gasteiger partial charge < -0.3 is 23.7 Å². The summed E-state index contributed by atoms with van der Waals surface area (Å²) >= 11 is 0. The number of hydrogen-bond donors (Lipinski definition) is 0. The van der Waals surface area contributed by atoms with Crippen LogP contribution in [0.3, 0.4) is 0 Å². The van der Waals surface area contributed by atoms with Crippen molar-refractivity contribution in [2.75, 3.05) is 19.8 Å². The van der Waals surface area contributed by atoms with E-state index in [1.165, 1.54) is 69.6 Å². The van der Waals surface area contributed by atoms with Crippen molar-refractivity contribution in [3.05, 3.63) is 49.1 Å². The topological polar surface area (TPSA) is 132 Å². The number of carbonyl (C=O) groups excluding carboxylic acids is 5. The standard InChI is InChI=1S/C47H66O10/c1-4-43(48)54-29-7-9-32-11-15-34(16-12-32)36-19-23-38(24-20-36)46(51)56-41-28-27-40(45(50)53-6-3)31-42(41)57-47(52)39-25-21-37(22-26-39)35-17-13-33(14-18-35)10-8-30-55-44(49)5-2/h4-5,27-28,31-39H,1-2,6-26,29-30H2,3H3. The van der Waals surface area contributed by atoms with Crippen LogP contribution in [-0.2, 0) is 33.4 Å². The maximum atomic E-state index is 13.6. The Hall–Kier alpha value is -3.95. The Morgan fingerprint density at radius 1 is 0.561 bits per heavy atom. The number of hydrogen-bond acceptors (Lipinski definition) is 10. The van der Waals surface area contributed by atoms with Crippen molar-refractivity contribution in [1.29, 1.82) is 0 Å². The molecule has 0 aromatic heterocycles. The van der Waals surface area contributed by atoms with Gasteiger partial charge in [-0.05, 0) is 163 Å². The van der Waals surface area contributed by atoms with Gasteiger partial charge in [0.15, 0.2) is 11.5 Å². The maximum absolute atomic E-state index is 13.6. The first-order valence-electron chi connectivity index (χ1n) is 22.0. The van der Waals surface area contributed by atoms with Crippen LogP contribution >= 0.6 is 0 Å². The average Bonchev–Trinajstić information content (AvgIpc) is 3.24. The second-order valence-electron chi connectivity index (χ2n) is 17.0. The third-order valence-electron chi connectivity index (χ3n) is 13.5. The zero-order valence-corrected chi connectivity index (χ0v) is 34.3. The van der Waals surface area contributed by atoms with Gasteiger partial charge in [0.2, 0.25) is 0 Å². The molecule has 4 aliphatic carbocycles. The third-order valence-corrected chi connectivity index (χ3v) is 13.5. The molecule has 4 aliphatic rings. The van der Waals surface area contributed by atoms with Crippen LogP contribution in [0.2, 0.25) is 0 Å². The van der Waals surface area contributed by atoms with E-state index >= 15 is 0 Å². The van der Waals surface area contributed by atoms with E-state index in [0.717, 1.165) is 77.0 Å². The molecule has 4 saturated carbocycles. The van der Waals surface area contributed by atoms with Gasteiger partial charge in [0.05, 0.1) is 37.2 Å². The Morgan fingerprint density at radius 3 is 1.37 bits per heavy atom. The lowest BCUT2D eigenvalue weighted by atomic mass is 9.68. The Labute approximate surface area is 339 Å². The lowest BCUT2D eigenvalue weighted by molar-refractivity contribution is -0.143. The highest BCUT2D eigenvalue weighted by atomic mass is 16.6. The first-order chi connectivity index (χ1) is 27.7. The predicted molar refractivity (Wildman–Crippen MR) is 216 cm³/mol. The van der Waals surface area contributed by atoms with Crippen LogP contribution in [0.4, 0.5) is 0 Å². The quantitative estimate of drug-likeness (QED) is 0.0466. The number of esters is 5. The van der Waals surface area contributed by atoms with Gasteiger partial charge in [-0.25, -0.2) is 14.4 Å². The summed E-state index contributed by atoms with van der Waals surface area (Å²) in [5, 5.41) is 0. The largest absolute Gasteiger partial charge is 0.463 e. The summed E-state index contributed by atoms with van der Waals surface area (Å²) in [7, 11) is 0. The summed E-state index contributed by atoms with van der Waals surface area (Å²) in [6.07, 6.45) is 23.0. The number of benzene rings is 1. The molecule has 4 fully saturated rings. The van der Waals surface area contributed by atoms with Gasteiger partial charge in [-0.2, -0.15) is 0 Å². The number of ether oxygens (including phenoxy) is 5. The van der Waals surface area contributed by atoms with Gasteiger partial charge in [0.25, 0.3) is 0 Å². The van der Waals surface area contributed by atoms with Gasteiger partial charge >= 0.3 is 29.8 Å². The fourth-order valence-electron chi connectivity index (χ4n) is 10.2. The second-order valence-corrected chi connectivity index (χ2v) is 17.0. The molecule has 0 N–H and O–H groups in total. The molecule has 0 aliphatic heterocycles. The van der Waals surface area contributed by atoms with E-state index in [4.69, 9.17) is 23.7 Å². The molecule has 5 rings (SSSR count). The van der Waals surface area contributed by atoms with Crippen molar-refractivity contribution in [1.82, 2.24) is 0 Å². The molecular weight excluding hydrogens is 725 g/mol. The van der Waals surface area contributed by atoms with E-state index < -0.39 is 5.97 Å². The zero-order chi connectivity index (χ0) is 40.6. The van der Waals surface area contributed by atoms with Crippen molar-refractivity contribution < 1.29 is 47.7 Å². The van der Waals surface area contributed by atoms with E-state index in [2.05, 4.69) is 13.2 Å². The average molecular weight is 791 g/mol. The van der Waals surface area contributed by atoms with Gasteiger partial charge in [-0.1, -0.05) is 38.8 Å². The smallest absolute Gasteiger partial charge is 0.338 e. The molecule has 1 aromatic carbocycles. The minimum absolute atomic E-state index is 0.0860. The van der Waals surface area contributed by atoms with Crippen molar-refractivity contribution in [2.45, 2.75) is 135 Å². The monoisotopic (exact) mass is 790 g/mol. The van der Waals surface area contributed by atoms with Crippen molar-refractivity contribution >= 4 is 29.8 Å². The molecule has 0 saturated heterocycles. The summed E-state index contributed by atoms with van der Waals surface area (Å²) in [4.78, 5) is 62.3. The summed E-state index contributed by atoms with van der Waals surface area (Å²) in [6, 6.07) is 4.56. The normalized spacial score (nSPS) is 27.6. The third kappa shape index (κ3) is 13.6. The second kappa shape index (κ2) is 22.8. The fraction of sp³-hybridized carbons (Fsp3) is 0.681. The van der Waals surface area contributed by atoms with Gasteiger partial charge in [0, 0.05) is 12.2 Å². The van der Waals surface area contributed by atoms with Gasteiger partial charge in [-0.3, -0.25) is 9.59 Å². The molecule has 0 atom stereocenters. The van der Waals surface area contributed by atoms with Gasteiger partial charge in [0.1, 0.15) is 0 Å². The summed E-state index contributed by atoms with van der Waals surface area (Å²) in [5.41, 5.74) is 0.239. The Kier molecular flexibility index (Phi) is 17.7. The van der Waals surface area contributed by atoms with Crippen LogP contribution in [-0.4, -0.2) is 49.7 Å². The van der Waals surface area contributed by atoms with Crippen LogP contribution in [0.1, 0.15) is 146 Å². The molecule has 57 heavy (non-hydrogen) atoms. The summed E-state index contributed by atoms with van der Waals surface area (Å²) in [5.74, 6) is 1.78. The van der Waals surface area contributed by atoms with E-state index in [0.29, 0.717) is 48.7 Å². The van der Waals surface area contributed by atoms with Crippen molar-refractivity contribution in [3.63, 3.8) is 0 Å². The first kappa shape index (κ1) is 44.2. The number of carbonyl (C=O) groups is 5. The van der Waals surface area contributed by atoms with Crippen LogP contribution in [0.25, 0.3) is 0 Å². The number of rotatable bonds is 18. The van der Waals surface area contributed by atoms with E-state index in [9.17, 15) is 24.0 Å². The molecule has 0 spiro atoms. The van der Waals surface area contributed by atoms with Gasteiger partial charge in [-0.15, -0.1) is 0 Å². The molecule has 0 radical (unpaired) electrons. The SMILES string of the molecule is C=CC(=O)OCCCC1CCC(C2CCC(C(=O)Oc3ccc(C(=O)OCC)cc3OC(=O)C3CCC(C4CCC(CCCOC(=O)C=C)CC4)CC3)CC2)CC1. The molecule has 1 aromatic rings. The summed E-state index contributed by atoms with van der Waals surface area (Å²) < 4.78 is 27.4. The highest BCUT2D eigenvalue weighted by molar-refractivity contribution is 5.91. The first-order valence-corrected chi connectivity index (χ1v) is 22.0. The van der Waals surface area contributed by atoms with Crippen molar-refractivity contribution in [3.8, 4) is 11.5 Å². The molecule has 0 amide bonds. The van der Waals surface area contributed by atoms with Crippen molar-refractivity contribution in [2.24, 2.45) is 47.3 Å². The van der Waals surface area contributed by atoms with Crippen LogP contribution in [0.5, 0.6) is 11.5 Å². The zero-order valence-electron chi connectivity index (χ0n) is 34.3. The Morgan fingerprint density at radius 2 is 0.965 bits per heavy atom. The van der Waals surface area contributed by atoms with Crippen LogP contribution < -0.4 is 9.47 Å².